The van der Waals surface area contributed by atoms with Crippen molar-refractivity contribution in [2.75, 3.05) is 19.6 Å². The molecular formula is C10H21N3O2. The highest BCUT2D eigenvalue weighted by Crippen LogP contribution is 2.11. The van der Waals surface area contributed by atoms with Crippen LogP contribution in [0.3, 0.4) is 0 Å². The van der Waals surface area contributed by atoms with E-state index in [0.717, 1.165) is 26.1 Å². The number of oxime groups is 1. The molecule has 0 aromatic heterocycles. The van der Waals surface area contributed by atoms with Crippen molar-refractivity contribution in [2.45, 2.75) is 38.9 Å². The van der Waals surface area contributed by atoms with Gasteiger partial charge in [0.1, 0.15) is 5.84 Å². The fourth-order valence-corrected chi connectivity index (χ4v) is 2.00. The molecule has 0 amide bonds. The van der Waals surface area contributed by atoms with Crippen LogP contribution in [0.1, 0.15) is 26.7 Å². The molecule has 1 heterocycles. The minimum atomic E-state index is 0.303. The highest BCUT2D eigenvalue weighted by atomic mass is 16.5. The number of nitrogens with two attached hydrogens (primary N) is 1. The molecule has 15 heavy (non-hydrogen) atoms. The Bertz CT molecular complexity index is 211. The lowest BCUT2D eigenvalue weighted by Crippen LogP contribution is -2.45. The molecule has 1 aliphatic rings. The topological polar surface area (TPSA) is 71.1 Å². The van der Waals surface area contributed by atoms with Crippen LogP contribution in [0.5, 0.6) is 0 Å². The van der Waals surface area contributed by atoms with Crippen molar-refractivity contribution in [2.24, 2.45) is 10.9 Å². The number of morpholine rings is 1. The van der Waals surface area contributed by atoms with Crippen LogP contribution in [0, 0.1) is 0 Å². The normalized spacial score (nSPS) is 29.3. The Labute approximate surface area is 90.9 Å². The SMILES string of the molecule is C[C@@H]1CN(CCCC(N)=NO)C[C@H](C)O1. The van der Waals surface area contributed by atoms with Gasteiger partial charge in [-0.3, -0.25) is 4.90 Å². The van der Waals surface area contributed by atoms with E-state index in [1.54, 1.807) is 0 Å². The Morgan fingerprint density at radius 3 is 2.60 bits per heavy atom. The highest BCUT2D eigenvalue weighted by molar-refractivity contribution is 5.79. The number of hydrogen-bond acceptors (Lipinski definition) is 4. The van der Waals surface area contributed by atoms with Gasteiger partial charge in [-0.25, -0.2) is 0 Å². The predicted octanol–water partition coefficient (Wildman–Crippen LogP) is 0.622. The third kappa shape index (κ3) is 4.48. The maximum atomic E-state index is 8.39. The molecule has 1 fully saturated rings. The summed E-state index contributed by atoms with van der Waals surface area (Å²) in [6.07, 6.45) is 2.18. The van der Waals surface area contributed by atoms with E-state index in [4.69, 9.17) is 15.7 Å². The molecule has 5 nitrogen and oxygen atoms in total. The fraction of sp³-hybridized carbons (Fsp3) is 0.900. The van der Waals surface area contributed by atoms with Gasteiger partial charge in [-0.15, -0.1) is 0 Å². The quantitative estimate of drug-likeness (QED) is 0.312. The summed E-state index contributed by atoms with van der Waals surface area (Å²) in [5.41, 5.74) is 5.40. The van der Waals surface area contributed by atoms with Gasteiger partial charge in [0.2, 0.25) is 0 Å². The molecule has 0 aromatic carbocycles. The standard InChI is InChI=1S/C10H21N3O2/c1-8-6-13(7-9(2)15-8)5-3-4-10(11)12-14/h8-9,14H,3-7H2,1-2H3,(H2,11,12)/t8-,9+. The Morgan fingerprint density at radius 2 is 2.07 bits per heavy atom. The molecule has 0 saturated carbocycles. The van der Waals surface area contributed by atoms with Gasteiger partial charge in [-0.1, -0.05) is 5.16 Å². The van der Waals surface area contributed by atoms with Gasteiger partial charge in [0.05, 0.1) is 12.2 Å². The van der Waals surface area contributed by atoms with Crippen LogP contribution in [0.15, 0.2) is 5.16 Å². The summed E-state index contributed by atoms with van der Waals surface area (Å²) < 4.78 is 5.63. The first-order valence-electron chi connectivity index (χ1n) is 5.46. The van der Waals surface area contributed by atoms with Gasteiger partial charge in [-0.2, -0.15) is 0 Å². The summed E-state index contributed by atoms with van der Waals surface area (Å²) in [6, 6.07) is 0. The smallest absolute Gasteiger partial charge is 0.139 e. The first-order chi connectivity index (χ1) is 7.11. The van der Waals surface area contributed by atoms with E-state index in [2.05, 4.69) is 23.9 Å². The predicted molar refractivity (Wildman–Crippen MR) is 59.1 cm³/mol. The summed E-state index contributed by atoms with van der Waals surface area (Å²) >= 11 is 0. The molecule has 88 valence electrons. The zero-order valence-corrected chi connectivity index (χ0v) is 9.52. The van der Waals surface area contributed by atoms with Crippen LogP contribution in [-0.4, -0.2) is 47.8 Å². The van der Waals surface area contributed by atoms with Crippen molar-refractivity contribution >= 4 is 5.84 Å². The van der Waals surface area contributed by atoms with Crippen LogP contribution < -0.4 is 5.73 Å². The van der Waals surface area contributed by atoms with Crippen LogP contribution in [0.4, 0.5) is 0 Å². The first-order valence-corrected chi connectivity index (χ1v) is 5.46. The van der Waals surface area contributed by atoms with Crippen LogP contribution in [0.2, 0.25) is 0 Å². The van der Waals surface area contributed by atoms with E-state index in [-0.39, 0.29) is 0 Å². The summed E-state index contributed by atoms with van der Waals surface area (Å²) in [5, 5.41) is 11.3. The maximum absolute atomic E-state index is 8.39. The second-order valence-corrected chi connectivity index (χ2v) is 4.21. The highest BCUT2D eigenvalue weighted by Gasteiger charge is 2.21. The van der Waals surface area contributed by atoms with Gasteiger partial charge in [0.25, 0.3) is 0 Å². The van der Waals surface area contributed by atoms with E-state index in [0.29, 0.717) is 24.5 Å². The van der Waals surface area contributed by atoms with Crippen molar-refractivity contribution in [1.29, 1.82) is 0 Å². The molecule has 0 bridgehead atoms. The lowest BCUT2D eigenvalue weighted by Gasteiger charge is -2.35. The Hall–Kier alpha value is -0.810. The largest absolute Gasteiger partial charge is 0.409 e. The Balaban J connectivity index is 2.20. The van der Waals surface area contributed by atoms with E-state index in [9.17, 15) is 0 Å². The molecule has 1 rings (SSSR count). The van der Waals surface area contributed by atoms with E-state index < -0.39 is 0 Å². The number of amidine groups is 1. The molecule has 3 N–H and O–H groups in total. The molecule has 0 unspecified atom stereocenters. The van der Waals surface area contributed by atoms with Crippen molar-refractivity contribution in [3.05, 3.63) is 0 Å². The molecule has 0 spiro atoms. The van der Waals surface area contributed by atoms with Gasteiger partial charge in [0, 0.05) is 19.5 Å². The summed E-state index contributed by atoms with van der Waals surface area (Å²) in [4.78, 5) is 2.36. The van der Waals surface area contributed by atoms with Crippen LogP contribution >= 0.6 is 0 Å². The molecule has 1 aliphatic heterocycles. The second-order valence-electron chi connectivity index (χ2n) is 4.21. The van der Waals surface area contributed by atoms with E-state index >= 15 is 0 Å². The number of rotatable bonds is 4. The minimum Gasteiger partial charge on any atom is -0.409 e. The summed E-state index contributed by atoms with van der Waals surface area (Å²) in [6.45, 7) is 7.10. The molecule has 5 heteroatoms. The van der Waals surface area contributed by atoms with E-state index in [1.807, 2.05) is 0 Å². The van der Waals surface area contributed by atoms with E-state index in [1.165, 1.54) is 0 Å². The molecule has 0 aliphatic carbocycles. The van der Waals surface area contributed by atoms with Crippen molar-refractivity contribution in [1.82, 2.24) is 4.90 Å². The van der Waals surface area contributed by atoms with Crippen molar-refractivity contribution < 1.29 is 9.94 Å². The molecular weight excluding hydrogens is 194 g/mol. The Kier molecular flexibility index (Phi) is 4.84. The number of hydrogen-bond donors (Lipinski definition) is 2. The number of ether oxygens (including phenoxy) is 1. The zero-order chi connectivity index (χ0) is 11.3. The Morgan fingerprint density at radius 1 is 1.47 bits per heavy atom. The molecule has 0 aromatic rings. The van der Waals surface area contributed by atoms with Gasteiger partial charge >= 0.3 is 0 Å². The van der Waals surface area contributed by atoms with Gasteiger partial charge < -0.3 is 15.7 Å². The van der Waals surface area contributed by atoms with Crippen molar-refractivity contribution in [3.63, 3.8) is 0 Å². The summed E-state index contributed by atoms with van der Waals surface area (Å²) in [5.74, 6) is 0.310. The molecule has 2 atom stereocenters. The molecule has 0 radical (unpaired) electrons. The van der Waals surface area contributed by atoms with Gasteiger partial charge in [-0.05, 0) is 26.8 Å². The lowest BCUT2D eigenvalue weighted by atomic mass is 10.2. The average Bonchev–Trinajstić information content (AvgIpc) is 2.16. The van der Waals surface area contributed by atoms with Gasteiger partial charge in [0.15, 0.2) is 0 Å². The third-order valence-electron chi connectivity index (χ3n) is 2.53. The minimum absolute atomic E-state index is 0.303. The van der Waals surface area contributed by atoms with Crippen molar-refractivity contribution in [3.8, 4) is 0 Å². The lowest BCUT2D eigenvalue weighted by molar-refractivity contribution is -0.0679. The third-order valence-corrected chi connectivity index (χ3v) is 2.53. The zero-order valence-electron chi connectivity index (χ0n) is 9.52. The monoisotopic (exact) mass is 215 g/mol. The molecule has 1 saturated heterocycles. The second kappa shape index (κ2) is 5.92. The van der Waals surface area contributed by atoms with Crippen LogP contribution in [0.25, 0.3) is 0 Å². The average molecular weight is 215 g/mol. The summed E-state index contributed by atoms with van der Waals surface area (Å²) in [7, 11) is 0. The van der Waals surface area contributed by atoms with Crippen LogP contribution in [-0.2, 0) is 4.74 Å². The maximum Gasteiger partial charge on any atom is 0.139 e. The fourth-order valence-electron chi connectivity index (χ4n) is 2.00. The number of nitrogens with zero attached hydrogens (tertiary/aromatic N) is 2. The first kappa shape index (κ1) is 12.3.